The summed E-state index contributed by atoms with van der Waals surface area (Å²) >= 11 is 0. The van der Waals surface area contributed by atoms with Gasteiger partial charge in [0.15, 0.2) is 0 Å². The Labute approximate surface area is 103 Å². The van der Waals surface area contributed by atoms with E-state index in [1.807, 2.05) is 30.3 Å². The molecule has 1 aromatic carbocycles. The van der Waals surface area contributed by atoms with Gasteiger partial charge in [-0.25, -0.2) is 0 Å². The van der Waals surface area contributed by atoms with Crippen LogP contribution in [0.4, 0.5) is 0 Å². The summed E-state index contributed by atoms with van der Waals surface area (Å²) < 4.78 is 5.44. The molecular formula is C14H21NO2. The van der Waals surface area contributed by atoms with Gasteiger partial charge in [-0.1, -0.05) is 32.0 Å². The van der Waals surface area contributed by atoms with E-state index in [0.717, 1.165) is 18.7 Å². The SMILES string of the molecule is CC(C)CCNC(=O)CCOc1ccccc1. The van der Waals surface area contributed by atoms with Gasteiger partial charge in [-0.2, -0.15) is 0 Å². The number of carbonyl (C=O) groups is 1. The molecule has 1 N–H and O–H groups in total. The highest BCUT2D eigenvalue weighted by atomic mass is 16.5. The summed E-state index contributed by atoms with van der Waals surface area (Å²) in [6.07, 6.45) is 1.43. The molecule has 0 aromatic heterocycles. The lowest BCUT2D eigenvalue weighted by Gasteiger charge is -2.08. The molecule has 0 fully saturated rings. The zero-order valence-electron chi connectivity index (χ0n) is 10.6. The van der Waals surface area contributed by atoms with Crippen LogP contribution in [0.1, 0.15) is 26.7 Å². The molecule has 0 saturated carbocycles. The molecule has 0 heterocycles. The summed E-state index contributed by atoms with van der Waals surface area (Å²) in [6, 6.07) is 9.54. The van der Waals surface area contributed by atoms with Crippen LogP contribution in [0.3, 0.4) is 0 Å². The lowest BCUT2D eigenvalue weighted by Crippen LogP contribution is -2.26. The van der Waals surface area contributed by atoms with Gasteiger partial charge in [-0.05, 0) is 24.5 Å². The van der Waals surface area contributed by atoms with Gasteiger partial charge in [0.1, 0.15) is 5.75 Å². The van der Waals surface area contributed by atoms with Gasteiger partial charge in [0.2, 0.25) is 5.91 Å². The van der Waals surface area contributed by atoms with Crippen LogP contribution in [0.5, 0.6) is 5.75 Å². The minimum absolute atomic E-state index is 0.0570. The predicted octanol–water partition coefficient (Wildman–Crippen LogP) is 2.62. The predicted molar refractivity (Wildman–Crippen MR) is 69.0 cm³/mol. The summed E-state index contributed by atoms with van der Waals surface area (Å²) in [5.74, 6) is 1.49. The molecule has 17 heavy (non-hydrogen) atoms. The second kappa shape index (κ2) is 7.71. The molecule has 3 heteroatoms. The Bertz CT molecular complexity index is 322. The zero-order chi connectivity index (χ0) is 12.5. The molecule has 1 aromatic rings. The molecule has 0 radical (unpaired) electrons. The van der Waals surface area contributed by atoms with Crippen LogP contribution in [0.2, 0.25) is 0 Å². The van der Waals surface area contributed by atoms with Crippen molar-refractivity contribution in [2.45, 2.75) is 26.7 Å². The minimum Gasteiger partial charge on any atom is -0.493 e. The van der Waals surface area contributed by atoms with E-state index < -0.39 is 0 Å². The monoisotopic (exact) mass is 235 g/mol. The van der Waals surface area contributed by atoms with Crippen molar-refractivity contribution in [2.75, 3.05) is 13.2 Å². The molecule has 0 spiro atoms. The summed E-state index contributed by atoms with van der Waals surface area (Å²) in [4.78, 5) is 11.4. The average molecular weight is 235 g/mol. The van der Waals surface area contributed by atoms with Gasteiger partial charge in [0.05, 0.1) is 13.0 Å². The second-order valence-electron chi connectivity index (χ2n) is 4.44. The van der Waals surface area contributed by atoms with Crippen molar-refractivity contribution in [3.05, 3.63) is 30.3 Å². The molecule has 0 aliphatic heterocycles. The lowest BCUT2D eigenvalue weighted by molar-refractivity contribution is -0.121. The molecule has 94 valence electrons. The van der Waals surface area contributed by atoms with E-state index in [-0.39, 0.29) is 5.91 Å². The number of hydrogen-bond donors (Lipinski definition) is 1. The van der Waals surface area contributed by atoms with Crippen LogP contribution in [-0.4, -0.2) is 19.1 Å². The van der Waals surface area contributed by atoms with E-state index in [1.54, 1.807) is 0 Å². The number of para-hydroxylation sites is 1. The maximum Gasteiger partial charge on any atom is 0.223 e. The topological polar surface area (TPSA) is 38.3 Å². The molecule has 0 bridgehead atoms. The number of benzene rings is 1. The van der Waals surface area contributed by atoms with E-state index in [9.17, 15) is 4.79 Å². The largest absolute Gasteiger partial charge is 0.493 e. The Kier molecular flexibility index (Phi) is 6.15. The van der Waals surface area contributed by atoms with Crippen molar-refractivity contribution in [3.8, 4) is 5.75 Å². The molecule has 0 aliphatic rings. The first-order chi connectivity index (χ1) is 8.18. The third-order valence-electron chi connectivity index (χ3n) is 2.38. The van der Waals surface area contributed by atoms with Crippen molar-refractivity contribution in [1.29, 1.82) is 0 Å². The lowest BCUT2D eigenvalue weighted by atomic mass is 10.1. The van der Waals surface area contributed by atoms with E-state index in [0.29, 0.717) is 18.9 Å². The number of nitrogens with one attached hydrogen (secondary N) is 1. The number of carbonyl (C=O) groups excluding carboxylic acids is 1. The first-order valence-electron chi connectivity index (χ1n) is 6.13. The summed E-state index contributed by atoms with van der Waals surface area (Å²) in [7, 11) is 0. The third-order valence-corrected chi connectivity index (χ3v) is 2.38. The fraction of sp³-hybridized carbons (Fsp3) is 0.500. The van der Waals surface area contributed by atoms with Crippen LogP contribution in [0.15, 0.2) is 30.3 Å². The van der Waals surface area contributed by atoms with E-state index >= 15 is 0 Å². The zero-order valence-corrected chi connectivity index (χ0v) is 10.6. The highest BCUT2D eigenvalue weighted by Crippen LogP contribution is 2.08. The highest BCUT2D eigenvalue weighted by molar-refractivity contribution is 5.75. The van der Waals surface area contributed by atoms with Gasteiger partial charge < -0.3 is 10.1 Å². The van der Waals surface area contributed by atoms with Crippen molar-refractivity contribution in [2.24, 2.45) is 5.92 Å². The van der Waals surface area contributed by atoms with Crippen molar-refractivity contribution in [1.82, 2.24) is 5.32 Å². The van der Waals surface area contributed by atoms with Crippen LogP contribution in [0, 0.1) is 5.92 Å². The Hall–Kier alpha value is -1.51. The average Bonchev–Trinajstić information content (AvgIpc) is 2.30. The number of rotatable bonds is 7. The van der Waals surface area contributed by atoms with E-state index in [1.165, 1.54) is 0 Å². The molecule has 3 nitrogen and oxygen atoms in total. The molecule has 1 amide bonds. The summed E-state index contributed by atoms with van der Waals surface area (Å²) in [6.45, 7) is 5.47. The molecular weight excluding hydrogens is 214 g/mol. The first kappa shape index (κ1) is 13.6. The second-order valence-corrected chi connectivity index (χ2v) is 4.44. The summed E-state index contributed by atoms with van der Waals surface area (Å²) in [5.41, 5.74) is 0. The van der Waals surface area contributed by atoms with Gasteiger partial charge in [0.25, 0.3) is 0 Å². The van der Waals surface area contributed by atoms with Crippen LogP contribution >= 0.6 is 0 Å². The van der Waals surface area contributed by atoms with Gasteiger partial charge in [-0.15, -0.1) is 0 Å². The smallest absolute Gasteiger partial charge is 0.223 e. The fourth-order valence-corrected chi connectivity index (χ4v) is 1.37. The Morgan fingerprint density at radius 2 is 2.00 bits per heavy atom. The minimum atomic E-state index is 0.0570. The normalized spacial score (nSPS) is 10.3. The quantitative estimate of drug-likeness (QED) is 0.789. The fourth-order valence-electron chi connectivity index (χ4n) is 1.37. The maximum atomic E-state index is 11.4. The van der Waals surface area contributed by atoms with Crippen molar-refractivity contribution < 1.29 is 9.53 Å². The van der Waals surface area contributed by atoms with Gasteiger partial charge >= 0.3 is 0 Å². The Morgan fingerprint density at radius 1 is 1.29 bits per heavy atom. The molecule has 0 saturated heterocycles. The highest BCUT2D eigenvalue weighted by Gasteiger charge is 2.02. The van der Waals surface area contributed by atoms with Crippen LogP contribution < -0.4 is 10.1 Å². The number of amides is 1. The number of ether oxygens (including phenoxy) is 1. The maximum absolute atomic E-state index is 11.4. The van der Waals surface area contributed by atoms with Gasteiger partial charge in [0, 0.05) is 6.54 Å². The van der Waals surface area contributed by atoms with Crippen LogP contribution in [0.25, 0.3) is 0 Å². The van der Waals surface area contributed by atoms with Gasteiger partial charge in [-0.3, -0.25) is 4.79 Å². The molecule has 0 atom stereocenters. The first-order valence-corrected chi connectivity index (χ1v) is 6.13. The van der Waals surface area contributed by atoms with Crippen molar-refractivity contribution >= 4 is 5.91 Å². The summed E-state index contributed by atoms with van der Waals surface area (Å²) in [5, 5.41) is 2.88. The Balaban J connectivity index is 2.08. The molecule has 1 rings (SSSR count). The molecule has 0 unspecified atom stereocenters. The van der Waals surface area contributed by atoms with E-state index in [2.05, 4.69) is 19.2 Å². The van der Waals surface area contributed by atoms with E-state index in [4.69, 9.17) is 4.74 Å². The standard InChI is InChI=1S/C14H21NO2/c1-12(2)8-10-15-14(16)9-11-17-13-6-4-3-5-7-13/h3-7,12H,8-11H2,1-2H3,(H,15,16). The third kappa shape index (κ3) is 6.61. The molecule has 0 aliphatic carbocycles. The van der Waals surface area contributed by atoms with Crippen LogP contribution in [-0.2, 0) is 4.79 Å². The Morgan fingerprint density at radius 3 is 2.65 bits per heavy atom. The van der Waals surface area contributed by atoms with Crippen molar-refractivity contribution in [3.63, 3.8) is 0 Å². The number of hydrogen-bond acceptors (Lipinski definition) is 2.